The van der Waals surface area contributed by atoms with E-state index in [-0.39, 0.29) is 11.9 Å². The van der Waals surface area contributed by atoms with Crippen molar-refractivity contribution in [2.75, 3.05) is 44.3 Å². The molecule has 5 heterocycles. The first-order valence-electron chi connectivity index (χ1n) is 11.3. The van der Waals surface area contributed by atoms with Gasteiger partial charge in [0.1, 0.15) is 17.3 Å². The maximum absolute atomic E-state index is 12.8. The molecule has 1 aromatic carbocycles. The minimum Gasteiger partial charge on any atom is -0.457 e. The van der Waals surface area contributed by atoms with Crippen LogP contribution in [0, 0.1) is 5.92 Å². The molecule has 0 spiro atoms. The van der Waals surface area contributed by atoms with Crippen molar-refractivity contribution in [2.45, 2.75) is 31.8 Å². The summed E-state index contributed by atoms with van der Waals surface area (Å²) in [5.41, 5.74) is 0.666. The highest BCUT2D eigenvalue weighted by molar-refractivity contribution is 5.94. The van der Waals surface area contributed by atoms with Gasteiger partial charge in [-0.3, -0.25) is 9.69 Å². The Morgan fingerprint density at radius 2 is 1.81 bits per heavy atom. The van der Waals surface area contributed by atoms with Crippen molar-refractivity contribution >= 4 is 11.7 Å². The zero-order valence-corrected chi connectivity index (χ0v) is 18.0. The number of nitrogens with zero attached hydrogens (tertiary/aromatic N) is 3. The first kappa shape index (κ1) is 20.3. The molecule has 164 valence electrons. The van der Waals surface area contributed by atoms with Crippen LogP contribution in [0.5, 0.6) is 11.5 Å². The molecule has 1 amide bonds. The Morgan fingerprint density at radius 3 is 2.52 bits per heavy atom. The van der Waals surface area contributed by atoms with Gasteiger partial charge >= 0.3 is 0 Å². The molecule has 0 radical (unpaired) electrons. The molecule has 6 rings (SSSR count). The van der Waals surface area contributed by atoms with Crippen LogP contribution in [-0.4, -0.2) is 67.3 Å². The maximum Gasteiger partial charge on any atom is 0.251 e. The molecule has 2 atom stereocenters. The summed E-state index contributed by atoms with van der Waals surface area (Å²) < 4.78 is 11.4. The maximum atomic E-state index is 12.8. The van der Waals surface area contributed by atoms with E-state index >= 15 is 0 Å². The summed E-state index contributed by atoms with van der Waals surface area (Å²) >= 11 is 0. The number of hydrogen-bond donors (Lipinski definition) is 1. The predicted molar refractivity (Wildman–Crippen MR) is 119 cm³/mol. The van der Waals surface area contributed by atoms with E-state index in [2.05, 4.69) is 27.0 Å². The summed E-state index contributed by atoms with van der Waals surface area (Å²) in [4.78, 5) is 22.0. The summed E-state index contributed by atoms with van der Waals surface area (Å²) in [7, 11) is 0. The molecule has 2 bridgehead atoms. The van der Waals surface area contributed by atoms with Gasteiger partial charge in [0.25, 0.3) is 5.91 Å². The van der Waals surface area contributed by atoms with Gasteiger partial charge in [-0.25, -0.2) is 4.98 Å². The minimum atomic E-state index is -0.00401. The van der Waals surface area contributed by atoms with Gasteiger partial charge in [-0.1, -0.05) is 0 Å². The number of anilines is 1. The molecule has 0 aliphatic carbocycles. The Kier molecular flexibility index (Phi) is 5.78. The van der Waals surface area contributed by atoms with E-state index in [9.17, 15) is 4.79 Å². The fourth-order valence-corrected chi connectivity index (χ4v) is 5.02. The number of carbonyl (C=O) groups is 1. The topological polar surface area (TPSA) is 66.9 Å². The number of fused-ring (bicyclic) bond motifs is 3. The smallest absolute Gasteiger partial charge is 0.251 e. The van der Waals surface area contributed by atoms with Crippen LogP contribution >= 0.6 is 0 Å². The van der Waals surface area contributed by atoms with Gasteiger partial charge < -0.3 is 19.7 Å². The lowest BCUT2D eigenvalue weighted by molar-refractivity contribution is 0.0217. The molecule has 1 N–H and O–H groups in total. The van der Waals surface area contributed by atoms with E-state index in [1.165, 1.54) is 12.8 Å². The van der Waals surface area contributed by atoms with Crippen molar-refractivity contribution < 1.29 is 14.3 Å². The molecule has 4 aliphatic heterocycles. The lowest BCUT2D eigenvalue weighted by Gasteiger charge is -2.49. The van der Waals surface area contributed by atoms with Crippen LogP contribution in [0.4, 0.5) is 5.82 Å². The van der Waals surface area contributed by atoms with Crippen LogP contribution in [0.2, 0.25) is 0 Å². The van der Waals surface area contributed by atoms with Crippen molar-refractivity contribution in [2.24, 2.45) is 5.92 Å². The molecule has 7 nitrogen and oxygen atoms in total. The second kappa shape index (κ2) is 8.85. The van der Waals surface area contributed by atoms with E-state index < -0.39 is 0 Å². The third-order valence-electron chi connectivity index (χ3n) is 6.88. The van der Waals surface area contributed by atoms with E-state index in [1.807, 2.05) is 36.4 Å². The predicted octanol–water partition coefficient (Wildman–Crippen LogP) is 2.92. The third kappa shape index (κ3) is 4.38. The van der Waals surface area contributed by atoms with Crippen LogP contribution < -0.4 is 15.0 Å². The van der Waals surface area contributed by atoms with E-state index in [4.69, 9.17) is 9.47 Å². The normalized spacial score (nSPS) is 27.7. The highest BCUT2D eigenvalue weighted by atomic mass is 16.5. The highest BCUT2D eigenvalue weighted by Gasteiger charge is 2.40. The molecular formula is C24H30N4O3. The number of aromatic nitrogens is 1. The summed E-state index contributed by atoms with van der Waals surface area (Å²) in [6.45, 7) is 7.65. The first-order valence-corrected chi connectivity index (χ1v) is 11.3. The number of rotatable bonds is 5. The average Bonchev–Trinajstić information content (AvgIpc) is 2.83. The van der Waals surface area contributed by atoms with Crippen molar-refractivity contribution in [1.29, 1.82) is 0 Å². The Bertz CT molecular complexity index is 903. The number of hydrogen-bond acceptors (Lipinski definition) is 6. The number of ether oxygens (including phenoxy) is 2. The van der Waals surface area contributed by atoms with Gasteiger partial charge in [0.05, 0.1) is 13.2 Å². The number of carbonyl (C=O) groups excluding carboxylic acids is 1. The van der Waals surface area contributed by atoms with Crippen molar-refractivity contribution in [3.63, 3.8) is 0 Å². The molecule has 0 unspecified atom stereocenters. The zero-order chi connectivity index (χ0) is 21.2. The van der Waals surface area contributed by atoms with Gasteiger partial charge in [0.2, 0.25) is 0 Å². The second-order valence-electron chi connectivity index (χ2n) is 8.69. The van der Waals surface area contributed by atoms with Crippen LogP contribution in [0.25, 0.3) is 0 Å². The summed E-state index contributed by atoms with van der Waals surface area (Å²) in [5, 5.41) is 3.28. The Labute approximate surface area is 183 Å². The van der Waals surface area contributed by atoms with Crippen LogP contribution in [0.15, 0.2) is 42.6 Å². The summed E-state index contributed by atoms with van der Waals surface area (Å²) in [5.74, 6) is 2.92. The number of piperidine rings is 3. The van der Waals surface area contributed by atoms with E-state index in [0.717, 1.165) is 37.7 Å². The summed E-state index contributed by atoms with van der Waals surface area (Å²) in [6, 6.07) is 11.8. The average molecular weight is 423 g/mol. The first-order chi connectivity index (χ1) is 15.2. The molecular weight excluding hydrogens is 392 g/mol. The van der Waals surface area contributed by atoms with Gasteiger partial charge in [-0.2, -0.15) is 0 Å². The molecule has 4 fully saturated rings. The van der Waals surface area contributed by atoms with Gasteiger partial charge in [0, 0.05) is 43.0 Å². The largest absolute Gasteiger partial charge is 0.457 e. The molecule has 0 saturated carbocycles. The van der Waals surface area contributed by atoms with Crippen molar-refractivity contribution in [1.82, 2.24) is 15.2 Å². The van der Waals surface area contributed by atoms with Crippen LogP contribution in [-0.2, 0) is 4.74 Å². The minimum absolute atomic E-state index is 0.00401. The van der Waals surface area contributed by atoms with Gasteiger partial charge in [0.15, 0.2) is 0 Å². The standard InChI is InChI=1S/C24H30N4O3/c1-17-23(18-7-10-27(17)11-8-18)26-24(29)19-2-4-20(5-3-19)31-21-6-9-25-22(16-21)28-12-14-30-15-13-28/h2-6,9,16-18,23H,7-8,10-15H2,1H3,(H,26,29)/t17-,23-/m0/s1. The van der Waals surface area contributed by atoms with E-state index in [1.54, 1.807) is 6.20 Å². The van der Waals surface area contributed by atoms with E-state index in [0.29, 0.717) is 36.5 Å². The zero-order valence-electron chi connectivity index (χ0n) is 18.0. The highest BCUT2D eigenvalue weighted by Crippen LogP contribution is 2.32. The number of pyridine rings is 1. The Hall–Kier alpha value is -2.64. The fraction of sp³-hybridized carbons (Fsp3) is 0.500. The number of nitrogens with one attached hydrogen (secondary N) is 1. The molecule has 4 saturated heterocycles. The second-order valence-corrected chi connectivity index (χ2v) is 8.69. The number of amides is 1. The van der Waals surface area contributed by atoms with Gasteiger partial charge in [-0.15, -0.1) is 0 Å². The monoisotopic (exact) mass is 422 g/mol. The van der Waals surface area contributed by atoms with Crippen LogP contribution in [0.1, 0.15) is 30.1 Å². The quantitative estimate of drug-likeness (QED) is 0.799. The molecule has 2 aromatic rings. The molecule has 7 heteroatoms. The SMILES string of the molecule is C[C@H]1[C@H](NC(=O)c2ccc(Oc3ccnc(N4CCOCC4)c3)cc2)C2CCN1CC2. The number of morpholine rings is 1. The molecule has 31 heavy (non-hydrogen) atoms. The Morgan fingerprint density at radius 1 is 1.06 bits per heavy atom. The van der Waals surface area contributed by atoms with Crippen LogP contribution in [0.3, 0.4) is 0 Å². The molecule has 1 aromatic heterocycles. The number of benzene rings is 1. The Balaban J connectivity index is 1.22. The van der Waals surface area contributed by atoms with Gasteiger partial charge in [-0.05, 0) is 69.1 Å². The molecule has 4 aliphatic rings. The third-order valence-corrected chi connectivity index (χ3v) is 6.88. The summed E-state index contributed by atoms with van der Waals surface area (Å²) in [6.07, 6.45) is 4.12. The van der Waals surface area contributed by atoms with Crippen molar-refractivity contribution in [3.05, 3.63) is 48.2 Å². The lowest BCUT2D eigenvalue weighted by atomic mass is 9.79. The van der Waals surface area contributed by atoms with Crippen molar-refractivity contribution in [3.8, 4) is 11.5 Å². The lowest BCUT2D eigenvalue weighted by Crippen LogP contribution is -2.62. The fourth-order valence-electron chi connectivity index (χ4n) is 5.02.